The van der Waals surface area contributed by atoms with Crippen molar-refractivity contribution >= 4 is 22.0 Å². The van der Waals surface area contributed by atoms with E-state index in [1.54, 1.807) is 5.57 Å². The predicted molar refractivity (Wildman–Crippen MR) is 96.6 cm³/mol. The molecule has 0 saturated heterocycles. The van der Waals surface area contributed by atoms with Gasteiger partial charge in [-0.15, -0.1) is 0 Å². The Hall–Kier alpha value is -0.600. The Labute approximate surface area is 138 Å². The van der Waals surface area contributed by atoms with Gasteiger partial charge in [-0.2, -0.15) is 0 Å². The van der Waals surface area contributed by atoms with Gasteiger partial charge < -0.3 is 5.32 Å². The van der Waals surface area contributed by atoms with E-state index >= 15 is 0 Å². The Kier molecular flexibility index (Phi) is 6.98. The first-order chi connectivity index (χ1) is 10.2. The van der Waals surface area contributed by atoms with Gasteiger partial charge in [0.15, 0.2) is 0 Å². The predicted octanol–water partition coefficient (Wildman–Crippen LogP) is 5.72. The summed E-state index contributed by atoms with van der Waals surface area (Å²) >= 11 is 3.65. The van der Waals surface area contributed by atoms with E-state index in [-0.39, 0.29) is 0 Å². The van der Waals surface area contributed by atoms with Crippen LogP contribution in [-0.4, -0.2) is 13.1 Å². The molecule has 1 aliphatic rings. The van der Waals surface area contributed by atoms with Crippen LogP contribution in [-0.2, 0) is 0 Å². The fraction of sp³-hybridized carbons (Fsp3) is 0.579. The van der Waals surface area contributed by atoms with Crippen molar-refractivity contribution in [2.24, 2.45) is 5.92 Å². The summed E-state index contributed by atoms with van der Waals surface area (Å²) in [5.74, 6) is 0.781. The first kappa shape index (κ1) is 16.8. The van der Waals surface area contributed by atoms with Crippen LogP contribution >= 0.6 is 15.9 Å². The van der Waals surface area contributed by atoms with Crippen molar-refractivity contribution in [3.8, 4) is 0 Å². The summed E-state index contributed by atoms with van der Waals surface area (Å²) in [6.07, 6.45) is 10.6. The molecule has 1 saturated carbocycles. The van der Waals surface area contributed by atoms with Crippen LogP contribution in [0.5, 0.6) is 0 Å². The second-order valence-electron chi connectivity index (χ2n) is 6.24. The van der Waals surface area contributed by atoms with E-state index in [0.717, 1.165) is 19.0 Å². The maximum atomic E-state index is 3.65. The number of halogens is 1. The molecule has 1 fully saturated rings. The molecule has 1 nitrogen and oxygen atoms in total. The highest BCUT2D eigenvalue weighted by atomic mass is 79.9. The van der Waals surface area contributed by atoms with Crippen LogP contribution in [0.4, 0.5) is 0 Å². The molecule has 1 N–H and O–H groups in total. The summed E-state index contributed by atoms with van der Waals surface area (Å²) < 4.78 is 1.21. The van der Waals surface area contributed by atoms with Gasteiger partial charge >= 0.3 is 0 Å². The smallest absolute Gasteiger partial charge is 0.0210 e. The van der Waals surface area contributed by atoms with Gasteiger partial charge in [0.25, 0.3) is 0 Å². The molecule has 1 aliphatic carbocycles. The lowest BCUT2D eigenvalue weighted by Gasteiger charge is -2.25. The lowest BCUT2D eigenvalue weighted by molar-refractivity contribution is 0.396. The second kappa shape index (κ2) is 8.75. The van der Waals surface area contributed by atoms with Crippen molar-refractivity contribution < 1.29 is 0 Å². The molecule has 2 rings (SSSR count). The van der Waals surface area contributed by atoms with Crippen LogP contribution in [0.15, 0.2) is 28.2 Å². The fourth-order valence-electron chi connectivity index (χ4n) is 3.11. The van der Waals surface area contributed by atoms with Gasteiger partial charge in [0, 0.05) is 11.0 Å². The van der Waals surface area contributed by atoms with Gasteiger partial charge in [-0.05, 0) is 55.8 Å². The fourth-order valence-corrected chi connectivity index (χ4v) is 3.51. The third-order valence-corrected chi connectivity index (χ3v) is 5.29. The average Bonchev–Trinajstić information content (AvgIpc) is 2.51. The first-order valence-corrected chi connectivity index (χ1v) is 9.17. The number of nitrogens with one attached hydrogen (secondary N) is 1. The minimum atomic E-state index is 0.781. The van der Waals surface area contributed by atoms with E-state index in [9.17, 15) is 0 Å². The zero-order valence-electron chi connectivity index (χ0n) is 13.4. The molecule has 2 heteroatoms. The molecule has 0 radical (unpaired) electrons. The molecule has 0 heterocycles. The number of benzene rings is 1. The molecule has 1 aromatic carbocycles. The van der Waals surface area contributed by atoms with Gasteiger partial charge in [0.2, 0.25) is 0 Å². The van der Waals surface area contributed by atoms with E-state index in [1.165, 1.54) is 54.1 Å². The summed E-state index contributed by atoms with van der Waals surface area (Å²) in [5, 5.41) is 3.60. The number of rotatable bonds is 6. The van der Waals surface area contributed by atoms with Crippen molar-refractivity contribution in [2.45, 2.75) is 52.4 Å². The molecule has 1 aromatic rings. The largest absolute Gasteiger partial charge is 0.313 e. The number of aryl methyl sites for hydroxylation is 1. The Morgan fingerprint density at radius 2 is 2.05 bits per heavy atom. The monoisotopic (exact) mass is 349 g/mol. The Balaban J connectivity index is 2.15. The molecular formula is C19H28BrN. The van der Waals surface area contributed by atoms with Gasteiger partial charge in [0.05, 0.1) is 0 Å². The third kappa shape index (κ3) is 5.27. The van der Waals surface area contributed by atoms with Crippen molar-refractivity contribution in [2.75, 3.05) is 13.1 Å². The third-order valence-electron chi connectivity index (χ3n) is 4.43. The molecule has 0 unspecified atom stereocenters. The highest BCUT2D eigenvalue weighted by molar-refractivity contribution is 9.10. The highest BCUT2D eigenvalue weighted by Crippen LogP contribution is 2.31. The van der Waals surface area contributed by atoms with Gasteiger partial charge in [-0.3, -0.25) is 0 Å². The van der Waals surface area contributed by atoms with E-state index < -0.39 is 0 Å². The normalized spacial score (nSPS) is 17.2. The summed E-state index contributed by atoms with van der Waals surface area (Å²) in [6.45, 7) is 6.53. The lowest BCUT2D eigenvalue weighted by atomic mass is 9.83. The molecule has 0 spiro atoms. The SMILES string of the molecule is CCCNC/C(=C/c1ccc(C)c(Br)c1)C1CCCCC1. The molecule has 116 valence electrons. The Morgan fingerprint density at radius 1 is 1.29 bits per heavy atom. The van der Waals surface area contributed by atoms with E-state index in [2.05, 4.69) is 59.4 Å². The molecule has 0 bridgehead atoms. The minimum Gasteiger partial charge on any atom is -0.313 e. The Bertz CT molecular complexity index is 472. The molecule has 0 aliphatic heterocycles. The summed E-state index contributed by atoms with van der Waals surface area (Å²) in [5.41, 5.74) is 4.22. The van der Waals surface area contributed by atoms with Crippen LogP contribution in [0.25, 0.3) is 6.08 Å². The maximum absolute atomic E-state index is 3.65. The van der Waals surface area contributed by atoms with Crippen LogP contribution in [0.1, 0.15) is 56.6 Å². The summed E-state index contributed by atoms with van der Waals surface area (Å²) in [6, 6.07) is 6.69. The second-order valence-corrected chi connectivity index (χ2v) is 7.09. The maximum Gasteiger partial charge on any atom is 0.0210 e. The molecule has 0 amide bonds. The lowest BCUT2D eigenvalue weighted by Crippen LogP contribution is -2.23. The van der Waals surface area contributed by atoms with Crippen molar-refractivity contribution in [1.29, 1.82) is 0 Å². The van der Waals surface area contributed by atoms with Crippen LogP contribution < -0.4 is 5.32 Å². The van der Waals surface area contributed by atoms with Crippen molar-refractivity contribution in [3.63, 3.8) is 0 Å². The van der Waals surface area contributed by atoms with Crippen LogP contribution in [0, 0.1) is 12.8 Å². The summed E-state index contributed by atoms with van der Waals surface area (Å²) in [7, 11) is 0. The first-order valence-electron chi connectivity index (χ1n) is 8.38. The van der Waals surface area contributed by atoms with Crippen LogP contribution in [0.3, 0.4) is 0 Å². The van der Waals surface area contributed by atoms with E-state index in [0.29, 0.717) is 0 Å². The quantitative estimate of drug-likeness (QED) is 0.647. The van der Waals surface area contributed by atoms with E-state index in [4.69, 9.17) is 0 Å². The number of hydrogen-bond donors (Lipinski definition) is 1. The number of hydrogen-bond acceptors (Lipinski definition) is 1. The average molecular weight is 350 g/mol. The molecular weight excluding hydrogens is 322 g/mol. The van der Waals surface area contributed by atoms with Gasteiger partial charge in [0.1, 0.15) is 0 Å². The van der Waals surface area contributed by atoms with Crippen LogP contribution in [0.2, 0.25) is 0 Å². The van der Waals surface area contributed by atoms with Crippen molar-refractivity contribution in [1.82, 2.24) is 5.32 Å². The van der Waals surface area contributed by atoms with Crippen molar-refractivity contribution in [3.05, 3.63) is 39.4 Å². The minimum absolute atomic E-state index is 0.781. The zero-order chi connectivity index (χ0) is 15.1. The standard InChI is InChI=1S/C19H28BrN/c1-3-11-21-14-18(17-7-5-4-6-8-17)12-16-10-9-15(2)19(20)13-16/h9-10,12-13,17,21H,3-8,11,14H2,1-2H3/b18-12-. The molecule has 0 atom stereocenters. The van der Waals surface area contributed by atoms with Gasteiger partial charge in [-0.1, -0.05) is 65.9 Å². The van der Waals surface area contributed by atoms with E-state index in [1.807, 2.05) is 0 Å². The topological polar surface area (TPSA) is 12.0 Å². The molecule has 0 aromatic heterocycles. The summed E-state index contributed by atoms with van der Waals surface area (Å²) in [4.78, 5) is 0. The van der Waals surface area contributed by atoms with Gasteiger partial charge in [-0.25, -0.2) is 0 Å². The Morgan fingerprint density at radius 3 is 2.71 bits per heavy atom. The highest BCUT2D eigenvalue weighted by Gasteiger charge is 2.17. The molecule has 21 heavy (non-hydrogen) atoms. The zero-order valence-corrected chi connectivity index (χ0v) is 15.0.